The summed E-state index contributed by atoms with van der Waals surface area (Å²) in [5.41, 5.74) is 0.983. The Kier molecular flexibility index (Phi) is 6.07. The zero-order chi connectivity index (χ0) is 17.6. The molecule has 0 radical (unpaired) electrons. The van der Waals surface area contributed by atoms with Gasteiger partial charge in [0, 0.05) is 29.5 Å². The molecule has 2 heterocycles. The second-order valence-corrected chi connectivity index (χ2v) is 7.73. The van der Waals surface area contributed by atoms with Crippen molar-refractivity contribution in [3.63, 3.8) is 0 Å². The van der Waals surface area contributed by atoms with E-state index in [0.717, 1.165) is 36.3 Å². The number of methoxy groups -OCH3 is 1. The molecule has 0 bridgehead atoms. The van der Waals surface area contributed by atoms with E-state index in [1.165, 1.54) is 0 Å². The molecule has 2 aliphatic heterocycles. The largest absolute Gasteiger partial charge is 0.496 e. The number of thioether (sulfide) groups is 1. The number of amides is 3. The maximum absolute atomic E-state index is 12.0. The minimum absolute atomic E-state index is 0.0454. The van der Waals surface area contributed by atoms with Crippen molar-refractivity contribution >= 4 is 23.7 Å². The number of para-hydroxylation sites is 1. The lowest BCUT2D eigenvalue weighted by atomic mass is 10.0. The van der Waals surface area contributed by atoms with Gasteiger partial charge >= 0.3 is 6.03 Å². The summed E-state index contributed by atoms with van der Waals surface area (Å²) in [5.74, 6) is 1.84. The Morgan fingerprint density at radius 2 is 2.16 bits per heavy atom. The number of unbranched alkanes of at least 4 members (excludes halogenated alkanes) is 1. The van der Waals surface area contributed by atoms with Gasteiger partial charge in [0.2, 0.25) is 5.91 Å². The monoisotopic (exact) mass is 363 g/mol. The molecule has 1 aromatic carbocycles. The van der Waals surface area contributed by atoms with Gasteiger partial charge in [0.15, 0.2) is 0 Å². The molecule has 0 spiro atoms. The molecule has 0 aliphatic carbocycles. The Bertz CT molecular complexity index is 625. The van der Waals surface area contributed by atoms with Crippen LogP contribution in [0, 0.1) is 0 Å². The average Bonchev–Trinajstić information content (AvgIpc) is 3.16. The van der Waals surface area contributed by atoms with Crippen LogP contribution in [0.2, 0.25) is 0 Å². The summed E-state index contributed by atoms with van der Waals surface area (Å²) in [6.45, 7) is 0.489. The molecule has 3 atom stereocenters. The summed E-state index contributed by atoms with van der Waals surface area (Å²) in [5, 5.41) is 9.37. The van der Waals surface area contributed by atoms with Gasteiger partial charge in [-0.15, -0.1) is 0 Å². The molecular formula is C18H25N3O3S. The second kappa shape index (κ2) is 8.47. The average molecular weight is 363 g/mol. The van der Waals surface area contributed by atoms with E-state index in [1.807, 2.05) is 36.0 Å². The standard InChI is InChI=1S/C18H25N3O3S/c1-24-14-7-3-2-6-12(14)10-19-16(22)9-5-4-8-15-17-13(11-25-15)20-18(23)21-17/h2-3,6-7,13,15,17H,4-5,8-11H2,1H3,(H,19,22)(H2,20,21,23)/t13-,15+,17+/m0/s1. The summed E-state index contributed by atoms with van der Waals surface area (Å²) in [6.07, 6.45) is 3.44. The third-order valence-electron chi connectivity index (χ3n) is 4.75. The maximum atomic E-state index is 12.0. The molecule has 1 aromatic rings. The summed E-state index contributed by atoms with van der Waals surface area (Å²) < 4.78 is 5.29. The van der Waals surface area contributed by atoms with E-state index in [4.69, 9.17) is 4.74 Å². The van der Waals surface area contributed by atoms with Crippen LogP contribution in [0.1, 0.15) is 31.2 Å². The van der Waals surface area contributed by atoms with E-state index in [0.29, 0.717) is 18.2 Å². The third-order valence-corrected chi connectivity index (χ3v) is 6.26. The Labute approximate surface area is 152 Å². The van der Waals surface area contributed by atoms with Crippen LogP contribution in [0.25, 0.3) is 0 Å². The van der Waals surface area contributed by atoms with Crippen molar-refractivity contribution < 1.29 is 14.3 Å². The first kappa shape index (κ1) is 17.9. The normalized spacial score (nSPS) is 24.4. The van der Waals surface area contributed by atoms with Crippen molar-refractivity contribution in [3.05, 3.63) is 29.8 Å². The van der Waals surface area contributed by atoms with Crippen molar-refractivity contribution in [2.45, 2.75) is 49.6 Å². The number of fused-ring (bicyclic) bond motifs is 1. The first-order chi connectivity index (χ1) is 12.2. The van der Waals surface area contributed by atoms with Crippen LogP contribution in [-0.4, -0.2) is 42.1 Å². The van der Waals surface area contributed by atoms with Gasteiger partial charge in [-0.1, -0.05) is 24.6 Å². The number of urea groups is 1. The van der Waals surface area contributed by atoms with Crippen molar-refractivity contribution in [2.75, 3.05) is 12.9 Å². The van der Waals surface area contributed by atoms with Gasteiger partial charge in [0.05, 0.1) is 19.2 Å². The SMILES string of the molecule is COc1ccccc1CNC(=O)CCCC[C@H]1SC[C@@H]2NC(=O)N[C@H]21. The molecular weight excluding hydrogens is 338 g/mol. The van der Waals surface area contributed by atoms with Gasteiger partial charge in [-0.3, -0.25) is 4.79 Å². The smallest absolute Gasteiger partial charge is 0.315 e. The van der Waals surface area contributed by atoms with Crippen LogP contribution in [0.3, 0.4) is 0 Å². The quantitative estimate of drug-likeness (QED) is 0.488. The van der Waals surface area contributed by atoms with Gasteiger partial charge in [-0.25, -0.2) is 4.79 Å². The van der Waals surface area contributed by atoms with Crippen molar-refractivity contribution in [1.29, 1.82) is 0 Å². The maximum Gasteiger partial charge on any atom is 0.315 e. The van der Waals surface area contributed by atoms with Crippen molar-refractivity contribution in [2.24, 2.45) is 0 Å². The first-order valence-electron chi connectivity index (χ1n) is 8.74. The Morgan fingerprint density at radius 1 is 1.32 bits per heavy atom. The summed E-state index contributed by atoms with van der Waals surface area (Å²) in [7, 11) is 1.63. The van der Waals surface area contributed by atoms with E-state index >= 15 is 0 Å². The number of carbonyl (C=O) groups is 2. The topological polar surface area (TPSA) is 79.5 Å². The van der Waals surface area contributed by atoms with E-state index < -0.39 is 0 Å². The van der Waals surface area contributed by atoms with Crippen LogP contribution < -0.4 is 20.7 Å². The molecule has 25 heavy (non-hydrogen) atoms. The summed E-state index contributed by atoms with van der Waals surface area (Å²) >= 11 is 1.92. The predicted molar refractivity (Wildman–Crippen MR) is 98.8 cm³/mol. The molecule has 0 unspecified atom stereocenters. The first-order valence-corrected chi connectivity index (χ1v) is 9.79. The minimum Gasteiger partial charge on any atom is -0.496 e. The van der Waals surface area contributed by atoms with Gasteiger partial charge in [0.25, 0.3) is 0 Å². The fourth-order valence-corrected chi connectivity index (χ4v) is 4.95. The highest BCUT2D eigenvalue weighted by Crippen LogP contribution is 2.33. The summed E-state index contributed by atoms with van der Waals surface area (Å²) in [4.78, 5) is 23.4. The Morgan fingerprint density at radius 3 is 3.00 bits per heavy atom. The highest BCUT2D eigenvalue weighted by molar-refractivity contribution is 8.00. The molecule has 2 saturated heterocycles. The number of rotatable bonds is 8. The Balaban J connectivity index is 1.32. The molecule has 3 rings (SSSR count). The predicted octanol–water partition coefficient (Wildman–Crippen LogP) is 2.04. The molecule has 0 aromatic heterocycles. The highest BCUT2D eigenvalue weighted by atomic mass is 32.2. The van der Waals surface area contributed by atoms with E-state index in [1.54, 1.807) is 7.11 Å². The van der Waals surface area contributed by atoms with Crippen LogP contribution in [0.4, 0.5) is 4.79 Å². The minimum atomic E-state index is -0.0454. The van der Waals surface area contributed by atoms with Gasteiger partial charge in [0.1, 0.15) is 5.75 Å². The number of hydrogen-bond acceptors (Lipinski definition) is 4. The number of hydrogen-bond donors (Lipinski definition) is 3. The van der Waals surface area contributed by atoms with Crippen molar-refractivity contribution in [1.82, 2.24) is 16.0 Å². The van der Waals surface area contributed by atoms with Gasteiger partial charge < -0.3 is 20.7 Å². The van der Waals surface area contributed by atoms with Gasteiger partial charge in [-0.2, -0.15) is 11.8 Å². The third kappa shape index (κ3) is 4.60. The Hall–Kier alpha value is -1.89. The number of benzene rings is 1. The lowest BCUT2D eigenvalue weighted by Crippen LogP contribution is -2.36. The lowest BCUT2D eigenvalue weighted by molar-refractivity contribution is -0.121. The molecule has 3 amide bonds. The summed E-state index contributed by atoms with van der Waals surface area (Å²) in [6, 6.07) is 8.17. The van der Waals surface area contributed by atoms with E-state index in [2.05, 4.69) is 16.0 Å². The van der Waals surface area contributed by atoms with Crippen LogP contribution in [0.15, 0.2) is 24.3 Å². The molecule has 3 N–H and O–H groups in total. The molecule has 7 heteroatoms. The lowest BCUT2D eigenvalue weighted by Gasteiger charge is -2.16. The number of nitrogens with one attached hydrogen (secondary N) is 3. The van der Waals surface area contributed by atoms with E-state index in [9.17, 15) is 9.59 Å². The fourth-order valence-electron chi connectivity index (χ4n) is 3.41. The number of carbonyl (C=O) groups excluding carboxylic acids is 2. The highest BCUT2D eigenvalue weighted by Gasteiger charge is 2.42. The molecule has 2 aliphatic rings. The second-order valence-electron chi connectivity index (χ2n) is 6.46. The molecule has 6 nitrogen and oxygen atoms in total. The zero-order valence-electron chi connectivity index (χ0n) is 14.4. The van der Waals surface area contributed by atoms with Gasteiger partial charge in [-0.05, 0) is 18.9 Å². The van der Waals surface area contributed by atoms with Crippen molar-refractivity contribution in [3.8, 4) is 5.75 Å². The van der Waals surface area contributed by atoms with Crippen LogP contribution in [-0.2, 0) is 11.3 Å². The fraction of sp³-hybridized carbons (Fsp3) is 0.556. The molecule has 136 valence electrons. The van der Waals surface area contributed by atoms with E-state index in [-0.39, 0.29) is 24.0 Å². The van der Waals surface area contributed by atoms with Crippen LogP contribution >= 0.6 is 11.8 Å². The molecule has 2 fully saturated rings. The van der Waals surface area contributed by atoms with Crippen LogP contribution in [0.5, 0.6) is 5.75 Å². The molecule has 0 saturated carbocycles. The number of ether oxygens (including phenoxy) is 1. The zero-order valence-corrected chi connectivity index (χ0v) is 15.2.